The Morgan fingerprint density at radius 2 is 0.932 bits per heavy atom. The van der Waals surface area contributed by atoms with Gasteiger partial charge in [0.25, 0.3) is 0 Å². The molecule has 0 nitrogen and oxygen atoms in total. The van der Waals surface area contributed by atoms with Crippen molar-refractivity contribution in [2.45, 2.75) is 214 Å². The van der Waals surface area contributed by atoms with Crippen LogP contribution in [0, 0.1) is 63.6 Å². The van der Waals surface area contributed by atoms with E-state index in [9.17, 15) is 0 Å². The summed E-state index contributed by atoms with van der Waals surface area (Å²) in [6.45, 7) is 11.0. The van der Waals surface area contributed by atoms with Gasteiger partial charge < -0.3 is 0 Å². The van der Waals surface area contributed by atoms with Gasteiger partial charge in [0.1, 0.15) is 0 Å². The van der Waals surface area contributed by atoms with E-state index in [2.05, 4.69) is 33.6 Å². The molecule has 0 bridgehead atoms. The second-order valence-corrected chi connectivity index (χ2v) is 18.5. The highest BCUT2D eigenvalue weighted by Gasteiger charge is 2.75. The molecule has 0 N–H and O–H groups in total. The maximum absolute atomic E-state index is 2.91. The fourth-order valence-corrected chi connectivity index (χ4v) is 15.4. The Bertz CT molecular complexity index is 821. The molecule has 6 fully saturated rings. The predicted octanol–water partition coefficient (Wildman–Crippen LogP) is 14.3. The Balaban J connectivity index is 1.68. The van der Waals surface area contributed by atoms with Gasteiger partial charge in [0.2, 0.25) is 0 Å². The molecule has 3 atom stereocenters. The molecule has 44 heavy (non-hydrogen) atoms. The second kappa shape index (κ2) is 15.0. The summed E-state index contributed by atoms with van der Waals surface area (Å²) in [6, 6.07) is 0. The summed E-state index contributed by atoms with van der Waals surface area (Å²) in [4.78, 5) is 0. The minimum Gasteiger partial charge on any atom is -0.0651 e. The Hall–Kier alpha value is 0. The fraction of sp³-hybridized carbons (Fsp3) is 0.977. The minimum absolute atomic E-state index is 0.494. The van der Waals surface area contributed by atoms with Crippen LogP contribution in [0.4, 0.5) is 0 Å². The summed E-state index contributed by atoms with van der Waals surface area (Å²) in [7, 11) is 0. The minimum atomic E-state index is 0.494. The zero-order chi connectivity index (χ0) is 30.6. The number of hydrogen-bond donors (Lipinski definition) is 0. The van der Waals surface area contributed by atoms with Crippen molar-refractivity contribution in [3.05, 3.63) is 5.92 Å². The highest BCUT2D eigenvalue weighted by Crippen LogP contribution is 2.82. The highest BCUT2D eigenvalue weighted by atomic mass is 14.8. The molecule has 0 aromatic heterocycles. The molecule has 0 heterocycles. The van der Waals surface area contributed by atoms with Crippen LogP contribution >= 0.6 is 0 Å². The summed E-state index contributed by atoms with van der Waals surface area (Å²) >= 11 is 0. The topological polar surface area (TPSA) is 0 Å². The first-order chi connectivity index (χ1) is 21.5. The molecule has 6 aliphatic carbocycles. The van der Waals surface area contributed by atoms with Gasteiger partial charge in [-0.1, -0.05) is 130 Å². The third kappa shape index (κ3) is 5.73. The van der Waals surface area contributed by atoms with E-state index in [0.717, 1.165) is 41.4 Å². The zero-order valence-electron chi connectivity index (χ0n) is 30.5. The molecular weight excluding hydrogens is 528 g/mol. The van der Waals surface area contributed by atoms with E-state index in [-0.39, 0.29) is 0 Å². The molecule has 6 aliphatic rings. The van der Waals surface area contributed by atoms with E-state index in [4.69, 9.17) is 0 Å². The smallest absolute Gasteiger partial charge is 0.0117 e. The summed E-state index contributed by atoms with van der Waals surface area (Å²) < 4.78 is 0. The largest absolute Gasteiger partial charge is 0.0651 e. The van der Waals surface area contributed by atoms with Crippen molar-refractivity contribution in [3.8, 4) is 0 Å². The molecule has 3 unspecified atom stereocenters. The van der Waals surface area contributed by atoms with Crippen LogP contribution in [0.5, 0.6) is 0 Å². The zero-order valence-corrected chi connectivity index (χ0v) is 30.5. The van der Waals surface area contributed by atoms with Gasteiger partial charge in [-0.15, -0.1) is 0 Å². The van der Waals surface area contributed by atoms with Crippen LogP contribution in [0.25, 0.3) is 0 Å². The molecule has 0 amide bonds. The summed E-state index contributed by atoms with van der Waals surface area (Å²) in [5.41, 5.74) is 1.61. The van der Waals surface area contributed by atoms with Crippen molar-refractivity contribution in [2.24, 2.45) is 57.7 Å². The molecule has 0 aliphatic heterocycles. The van der Waals surface area contributed by atoms with Gasteiger partial charge in [-0.2, -0.15) is 0 Å². The van der Waals surface area contributed by atoms with Crippen LogP contribution in [0.15, 0.2) is 0 Å². The van der Waals surface area contributed by atoms with Crippen LogP contribution in [0.3, 0.4) is 0 Å². The quantitative estimate of drug-likeness (QED) is 0.245. The van der Waals surface area contributed by atoms with Crippen molar-refractivity contribution in [1.82, 2.24) is 0 Å². The molecule has 0 aromatic carbocycles. The molecule has 6 rings (SSSR count). The van der Waals surface area contributed by atoms with Crippen LogP contribution in [-0.4, -0.2) is 0 Å². The molecule has 0 saturated heterocycles. The Morgan fingerprint density at radius 3 is 1.36 bits per heavy atom. The summed E-state index contributed by atoms with van der Waals surface area (Å²) in [6.07, 6.45) is 44.8. The van der Waals surface area contributed by atoms with E-state index >= 15 is 0 Å². The van der Waals surface area contributed by atoms with Gasteiger partial charge in [0.15, 0.2) is 0 Å². The predicted molar refractivity (Wildman–Crippen MR) is 192 cm³/mol. The van der Waals surface area contributed by atoms with Crippen molar-refractivity contribution in [3.63, 3.8) is 0 Å². The average molecular weight is 606 g/mol. The molecule has 253 valence electrons. The lowest BCUT2D eigenvalue weighted by atomic mass is 9.25. The number of hydrogen-bond acceptors (Lipinski definition) is 0. The average Bonchev–Trinajstić information content (AvgIpc) is 3.09. The molecule has 0 heteroatoms. The molecule has 0 spiro atoms. The third-order valence-electron chi connectivity index (χ3n) is 16.3. The molecule has 0 aromatic rings. The first kappa shape index (κ1) is 33.9. The Kier molecular flexibility index (Phi) is 11.6. The van der Waals surface area contributed by atoms with Crippen molar-refractivity contribution >= 4 is 0 Å². The standard InChI is InChI=1S/C44H77/c1-5-35(4)44(40-29-19-10-20-30-40)42(37-23-13-7-14-24-37,38-25-15-8-16-26-38)32-31-41(36-21-11-6-12-22-36)43(44,33-34(2)3)39-27-17-9-18-28-39/h34-40H,5-33H2,1-4H3. The van der Waals surface area contributed by atoms with Crippen molar-refractivity contribution in [1.29, 1.82) is 0 Å². The van der Waals surface area contributed by atoms with E-state index in [1.165, 1.54) is 77.0 Å². The van der Waals surface area contributed by atoms with Gasteiger partial charge in [-0.3, -0.25) is 0 Å². The Labute approximate surface area is 276 Å². The normalized spacial score (nSPS) is 35.7. The van der Waals surface area contributed by atoms with E-state index in [1.54, 1.807) is 109 Å². The first-order valence-corrected chi connectivity index (χ1v) is 21.4. The SMILES string of the molecule is CCC(C)C1(C2CCCCC2)C(CC(C)C)(C2CCCCC2)[C](C2CCCCC2)CCC1(C1CCCCC1)C1CCCCC1. The van der Waals surface area contributed by atoms with Crippen LogP contribution in [0.1, 0.15) is 214 Å². The monoisotopic (exact) mass is 606 g/mol. The lowest BCUT2D eigenvalue weighted by Gasteiger charge is -2.78. The molecule has 6 saturated carbocycles. The maximum Gasteiger partial charge on any atom is -0.0117 e. The third-order valence-corrected chi connectivity index (χ3v) is 16.3. The van der Waals surface area contributed by atoms with Gasteiger partial charge in [0.05, 0.1) is 0 Å². The van der Waals surface area contributed by atoms with Crippen LogP contribution < -0.4 is 0 Å². The van der Waals surface area contributed by atoms with Gasteiger partial charge in [-0.05, 0) is 147 Å². The van der Waals surface area contributed by atoms with E-state index in [1.807, 2.05) is 0 Å². The second-order valence-electron chi connectivity index (χ2n) is 18.5. The summed E-state index contributed by atoms with van der Waals surface area (Å²) in [5.74, 6) is 8.87. The lowest BCUT2D eigenvalue weighted by molar-refractivity contribution is -0.277. The lowest BCUT2D eigenvalue weighted by Crippen LogP contribution is -2.72. The van der Waals surface area contributed by atoms with Crippen LogP contribution in [0.2, 0.25) is 0 Å². The highest BCUT2D eigenvalue weighted by molar-refractivity contribution is 5.31. The van der Waals surface area contributed by atoms with Gasteiger partial charge >= 0.3 is 0 Å². The first-order valence-electron chi connectivity index (χ1n) is 21.4. The number of rotatable bonds is 9. The van der Waals surface area contributed by atoms with Crippen LogP contribution in [-0.2, 0) is 0 Å². The summed E-state index contributed by atoms with van der Waals surface area (Å²) in [5, 5.41) is 0. The molecule has 1 radical (unpaired) electrons. The van der Waals surface area contributed by atoms with E-state index in [0.29, 0.717) is 16.2 Å². The molecular formula is C44H77. The maximum atomic E-state index is 2.91. The van der Waals surface area contributed by atoms with E-state index < -0.39 is 0 Å². The Morgan fingerprint density at radius 1 is 0.523 bits per heavy atom. The van der Waals surface area contributed by atoms with Gasteiger partial charge in [0, 0.05) is 0 Å². The van der Waals surface area contributed by atoms with Crippen molar-refractivity contribution < 1.29 is 0 Å². The van der Waals surface area contributed by atoms with Gasteiger partial charge in [-0.25, -0.2) is 0 Å². The fourth-order valence-electron chi connectivity index (χ4n) is 15.4. The van der Waals surface area contributed by atoms with Crippen molar-refractivity contribution in [2.75, 3.05) is 0 Å².